The van der Waals surface area contributed by atoms with Crippen LogP contribution in [0.15, 0.2) is 5.38 Å². The van der Waals surface area contributed by atoms with Crippen LogP contribution in [0.5, 0.6) is 0 Å². The summed E-state index contributed by atoms with van der Waals surface area (Å²) in [6.45, 7) is 9.62. The Morgan fingerprint density at radius 3 is 2.62 bits per heavy atom. The van der Waals surface area contributed by atoms with E-state index in [4.69, 9.17) is 4.98 Å². The Morgan fingerprint density at radius 2 is 1.92 bits per heavy atom. The summed E-state index contributed by atoms with van der Waals surface area (Å²) >= 11 is 1.86. The van der Waals surface area contributed by atoms with E-state index in [1.54, 1.807) is 0 Å². The van der Waals surface area contributed by atoms with Crippen molar-refractivity contribution in [1.29, 1.82) is 0 Å². The van der Waals surface area contributed by atoms with Crippen LogP contribution in [0.25, 0.3) is 0 Å². The number of amides is 1. The number of rotatable bonds is 7. The van der Waals surface area contributed by atoms with Gasteiger partial charge in [0.2, 0.25) is 5.91 Å². The fraction of sp³-hybridized carbons (Fsp3) is 0.800. The van der Waals surface area contributed by atoms with E-state index in [1.165, 1.54) is 42.8 Å². The minimum atomic E-state index is 0.157. The second kappa shape index (κ2) is 9.81. The second-order valence-corrected chi connectivity index (χ2v) is 8.83. The molecule has 1 atom stereocenters. The van der Waals surface area contributed by atoms with Crippen molar-refractivity contribution in [3.8, 4) is 0 Å². The third-order valence-corrected chi connectivity index (χ3v) is 6.82. The second-order valence-electron chi connectivity index (χ2n) is 7.94. The molecule has 3 rings (SSSR count). The highest BCUT2D eigenvalue weighted by atomic mass is 32.1. The van der Waals surface area contributed by atoms with Gasteiger partial charge in [0.25, 0.3) is 0 Å². The van der Waals surface area contributed by atoms with Crippen molar-refractivity contribution in [3.63, 3.8) is 0 Å². The average molecular weight is 379 g/mol. The molecule has 1 unspecified atom stereocenters. The molecule has 1 aliphatic heterocycles. The monoisotopic (exact) mass is 378 g/mol. The number of carbonyl (C=O) groups is 1. The van der Waals surface area contributed by atoms with Crippen LogP contribution in [0.4, 0.5) is 0 Å². The van der Waals surface area contributed by atoms with Gasteiger partial charge in [0, 0.05) is 50.1 Å². The molecule has 1 aromatic heterocycles. The number of nitrogens with zero attached hydrogens (tertiary/aromatic N) is 3. The third kappa shape index (κ3) is 5.76. The van der Waals surface area contributed by atoms with Crippen molar-refractivity contribution >= 4 is 17.2 Å². The van der Waals surface area contributed by atoms with Crippen LogP contribution in [-0.2, 0) is 11.3 Å². The first-order chi connectivity index (χ1) is 12.6. The lowest BCUT2D eigenvalue weighted by atomic mass is 9.90. The molecule has 0 radical (unpaired) electrons. The number of hydrogen-bond donors (Lipinski definition) is 1. The summed E-state index contributed by atoms with van der Waals surface area (Å²) in [5.74, 6) is 0.868. The molecule has 1 saturated heterocycles. The van der Waals surface area contributed by atoms with Gasteiger partial charge < -0.3 is 5.32 Å². The molecule has 0 aromatic carbocycles. The smallest absolute Gasteiger partial charge is 0.234 e. The van der Waals surface area contributed by atoms with E-state index in [9.17, 15) is 4.79 Å². The molecule has 1 aliphatic carbocycles. The maximum Gasteiger partial charge on any atom is 0.234 e. The fourth-order valence-electron chi connectivity index (χ4n) is 3.89. The molecule has 5 nitrogen and oxygen atoms in total. The van der Waals surface area contributed by atoms with E-state index in [0.717, 1.165) is 39.1 Å². The van der Waals surface area contributed by atoms with E-state index in [1.807, 2.05) is 11.3 Å². The van der Waals surface area contributed by atoms with Gasteiger partial charge in [-0.3, -0.25) is 14.6 Å². The van der Waals surface area contributed by atoms with Gasteiger partial charge in [-0.15, -0.1) is 11.3 Å². The van der Waals surface area contributed by atoms with Crippen molar-refractivity contribution in [2.45, 2.75) is 70.9 Å². The third-order valence-electron chi connectivity index (χ3n) is 5.76. The van der Waals surface area contributed by atoms with E-state index in [2.05, 4.69) is 34.3 Å². The Balaban J connectivity index is 1.40. The molecular weight excluding hydrogens is 344 g/mol. The Bertz CT molecular complexity index is 562. The lowest BCUT2D eigenvalue weighted by Crippen LogP contribution is -2.49. The van der Waals surface area contributed by atoms with Gasteiger partial charge in [-0.05, 0) is 26.2 Å². The summed E-state index contributed by atoms with van der Waals surface area (Å²) in [5.41, 5.74) is 1.23. The van der Waals surface area contributed by atoms with E-state index >= 15 is 0 Å². The molecule has 2 heterocycles. The van der Waals surface area contributed by atoms with Crippen molar-refractivity contribution in [2.24, 2.45) is 0 Å². The lowest BCUT2D eigenvalue weighted by Gasteiger charge is -2.34. The molecule has 1 N–H and O–H groups in total. The largest absolute Gasteiger partial charge is 0.353 e. The molecular formula is C20H34N4OS. The molecule has 2 aliphatic rings. The Morgan fingerprint density at radius 1 is 1.23 bits per heavy atom. The van der Waals surface area contributed by atoms with Gasteiger partial charge in [-0.25, -0.2) is 4.98 Å². The molecule has 1 amide bonds. The van der Waals surface area contributed by atoms with Gasteiger partial charge in [0.05, 0.1) is 17.2 Å². The van der Waals surface area contributed by atoms with Crippen molar-refractivity contribution < 1.29 is 4.79 Å². The maximum atomic E-state index is 12.0. The van der Waals surface area contributed by atoms with Crippen molar-refractivity contribution in [3.05, 3.63) is 16.1 Å². The predicted octanol–water partition coefficient (Wildman–Crippen LogP) is 3.22. The first kappa shape index (κ1) is 19.8. The number of hydrogen-bond acceptors (Lipinski definition) is 5. The van der Waals surface area contributed by atoms with Gasteiger partial charge in [-0.2, -0.15) is 0 Å². The van der Waals surface area contributed by atoms with Crippen LogP contribution in [0, 0.1) is 0 Å². The molecule has 2 fully saturated rings. The minimum absolute atomic E-state index is 0.157. The first-order valence-corrected chi connectivity index (χ1v) is 11.2. The van der Waals surface area contributed by atoms with Crippen LogP contribution in [0.1, 0.15) is 69.0 Å². The number of aromatic nitrogens is 1. The van der Waals surface area contributed by atoms with Crippen LogP contribution < -0.4 is 5.32 Å². The highest BCUT2D eigenvalue weighted by Gasteiger charge is 2.22. The van der Waals surface area contributed by atoms with Crippen molar-refractivity contribution in [1.82, 2.24) is 20.1 Å². The summed E-state index contributed by atoms with van der Waals surface area (Å²) in [7, 11) is 0. The average Bonchev–Trinajstić information content (AvgIpc) is 3.12. The number of piperazine rings is 1. The molecule has 1 saturated carbocycles. The Hall–Kier alpha value is -0.980. The standard InChI is InChI=1S/C20H34N4OS/c1-3-16(2)21-19(25)14-24-11-9-23(10-12-24)13-18-15-26-20(22-18)17-7-5-4-6-8-17/h15-17H,3-14H2,1-2H3,(H,21,25). The highest BCUT2D eigenvalue weighted by Crippen LogP contribution is 2.34. The van der Waals surface area contributed by atoms with E-state index in [0.29, 0.717) is 12.5 Å². The summed E-state index contributed by atoms with van der Waals surface area (Å²) in [6, 6.07) is 0.270. The quantitative estimate of drug-likeness (QED) is 0.791. The highest BCUT2D eigenvalue weighted by molar-refractivity contribution is 7.09. The summed E-state index contributed by atoms with van der Waals surface area (Å²) in [4.78, 5) is 21.7. The minimum Gasteiger partial charge on any atom is -0.353 e. The number of thiazole rings is 1. The predicted molar refractivity (Wildman–Crippen MR) is 108 cm³/mol. The van der Waals surface area contributed by atoms with Gasteiger partial charge >= 0.3 is 0 Å². The fourth-order valence-corrected chi connectivity index (χ4v) is 4.87. The summed E-state index contributed by atoms with van der Waals surface area (Å²) in [5, 5.41) is 6.68. The zero-order chi connectivity index (χ0) is 18.4. The maximum absolute atomic E-state index is 12.0. The Kier molecular flexibility index (Phi) is 7.46. The molecule has 6 heteroatoms. The number of carbonyl (C=O) groups excluding carboxylic acids is 1. The number of nitrogens with one attached hydrogen (secondary N) is 1. The van der Waals surface area contributed by atoms with Crippen molar-refractivity contribution in [2.75, 3.05) is 32.7 Å². The molecule has 1 aromatic rings. The van der Waals surface area contributed by atoms with Gasteiger partial charge in [0.1, 0.15) is 0 Å². The van der Waals surface area contributed by atoms with Gasteiger partial charge in [0.15, 0.2) is 0 Å². The Labute approximate surface area is 162 Å². The summed E-state index contributed by atoms with van der Waals surface area (Å²) in [6.07, 6.45) is 7.76. The SMILES string of the molecule is CCC(C)NC(=O)CN1CCN(Cc2csc(C3CCCCC3)n2)CC1. The van der Waals surface area contributed by atoms with Crippen LogP contribution in [-0.4, -0.2) is 59.5 Å². The molecule has 26 heavy (non-hydrogen) atoms. The van der Waals surface area contributed by atoms with E-state index in [-0.39, 0.29) is 11.9 Å². The normalized spacial score (nSPS) is 21.6. The van der Waals surface area contributed by atoms with Crippen LogP contribution in [0.3, 0.4) is 0 Å². The molecule has 0 spiro atoms. The zero-order valence-corrected chi connectivity index (χ0v) is 17.2. The van der Waals surface area contributed by atoms with Crippen LogP contribution >= 0.6 is 11.3 Å². The van der Waals surface area contributed by atoms with Gasteiger partial charge in [-0.1, -0.05) is 26.2 Å². The molecule has 146 valence electrons. The summed E-state index contributed by atoms with van der Waals surface area (Å²) < 4.78 is 0. The van der Waals surface area contributed by atoms with E-state index < -0.39 is 0 Å². The topological polar surface area (TPSA) is 48.5 Å². The lowest BCUT2D eigenvalue weighted by molar-refractivity contribution is -0.123. The molecule has 0 bridgehead atoms. The van der Waals surface area contributed by atoms with Crippen LogP contribution in [0.2, 0.25) is 0 Å². The zero-order valence-electron chi connectivity index (χ0n) is 16.4. The first-order valence-electron chi connectivity index (χ1n) is 10.3.